The van der Waals surface area contributed by atoms with Gasteiger partial charge < -0.3 is 59.5 Å². The second kappa shape index (κ2) is 30.6. The summed E-state index contributed by atoms with van der Waals surface area (Å²) in [4.78, 5) is 69.3. The molecular formula is C59H83N15O8S2. The molecule has 0 spiro atoms. The predicted octanol–water partition coefficient (Wildman–Crippen LogP) is 3.05. The highest BCUT2D eigenvalue weighted by molar-refractivity contribution is 7.90. The minimum absolute atomic E-state index is 0.0598. The van der Waals surface area contributed by atoms with Crippen molar-refractivity contribution in [2.24, 2.45) is 32.9 Å². The number of aryl methyl sites for hydroxylation is 6. The molecule has 25 heteroatoms. The zero-order chi connectivity index (χ0) is 61.1. The molecule has 0 fully saturated rings. The number of rotatable bonds is 31. The molecule has 2 heterocycles. The lowest BCUT2D eigenvalue weighted by Gasteiger charge is -2.21. The van der Waals surface area contributed by atoms with Crippen molar-refractivity contribution in [1.82, 2.24) is 46.0 Å². The number of unbranched alkanes of at least 4 members (excludes halogenated alkanes) is 1. The van der Waals surface area contributed by atoms with E-state index in [2.05, 4.69) is 56.0 Å². The molecule has 6 aromatic rings. The van der Waals surface area contributed by atoms with Gasteiger partial charge in [-0.3, -0.25) is 29.2 Å². The van der Waals surface area contributed by atoms with Crippen molar-refractivity contribution in [2.75, 3.05) is 39.3 Å². The Balaban J connectivity index is 0.959. The minimum Gasteiger partial charge on any atom is -0.369 e. The third-order valence-corrected chi connectivity index (χ3v) is 17.5. The first-order chi connectivity index (χ1) is 39.9. The van der Waals surface area contributed by atoms with E-state index >= 15 is 0 Å². The molecule has 4 amide bonds. The van der Waals surface area contributed by atoms with Gasteiger partial charge in [0.25, 0.3) is 20.0 Å². The van der Waals surface area contributed by atoms with Gasteiger partial charge in [-0.25, -0.2) is 26.3 Å². The summed E-state index contributed by atoms with van der Waals surface area (Å²) in [5.41, 5.74) is 32.5. The average Bonchev–Trinajstić information content (AvgIpc) is 4.18. The Bertz CT molecular complexity index is 3280. The molecule has 23 nitrogen and oxygen atoms in total. The molecule has 454 valence electrons. The van der Waals surface area contributed by atoms with Gasteiger partial charge in [-0.1, -0.05) is 71.8 Å². The Kier molecular flexibility index (Phi) is 23.8. The fraction of sp³-hybridized carbons (Fsp3) is 0.424. The van der Waals surface area contributed by atoms with E-state index in [-0.39, 0.29) is 73.3 Å². The molecule has 6 rings (SSSR count). The van der Waals surface area contributed by atoms with Crippen molar-refractivity contribution in [1.29, 1.82) is 0 Å². The van der Waals surface area contributed by atoms with Gasteiger partial charge in [-0.2, -0.15) is 0 Å². The number of benzene rings is 4. The van der Waals surface area contributed by atoms with Crippen LogP contribution in [0.3, 0.4) is 0 Å². The van der Waals surface area contributed by atoms with Crippen LogP contribution in [0, 0.1) is 41.5 Å². The number of guanidine groups is 2. The molecule has 0 radical (unpaired) electrons. The maximum atomic E-state index is 13.6. The van der Waals surface area contributed by atoms with E-state index in [0.29, 0.717) is 67.7 Å². The Morgan fingerprint density at radius 3 is 1.30 bits per heavy atom. The number of H-pyrrole nitrogens is 2. The van der Waals surface area contributed by atoms with Gasteiger partial charge in [-0.05, 0) is 158 Å². The molecular weight excluding hydrogens is 1110 g/mol. The highest BCUT2D eigenvalue weighted by Gasteiger charge is 2.27. The van der Waals surface area contributed by atoms with Crippen molar-refractivity contribution >= 4 is 77.4 Å². The normalized spacial score (nSPS) is 13.7. The summed E-state index contributed by atoms with van der Waals surface area (Å²) in [6.45, 7) is 12.5. The number of nitrogens with two attached hydrogens (primary N) is 4. The summed E-state index contributed by atoms with van der Waals surface area (Å²) in [5.74, 6) is -2.47. The number of nitrogens with one attached hydrogen (secondary N) is 9. The molecule has 84 heavy (non-hydrogen) atoms. The monoisotopic (exact) mass is 1190 g/mol. The SMILES string of the molecule is Cc1cc(C)c(S(=O)(=O)NC(N)=NCCC[C@@H](NC(=O)[C@H](N)Cc2c[nH]c3ccccc23)C(=O)NCCCCNCCCNC(=O)[C@@H](CCCN=C(N)NS(=O)(=O)c2c(C)cc(C)cc2C)NC(=O)[C@H](N)Cc2c[nH]c3ccccc23)c(C)c1. The number of para-hydroxylation sites is 2. The third kappa shape index (κ3) is 18.8. The quantitative estimate of drug-likeness (QED) is 0.0169. The first-order valence-electron chi connectivity index (χ1n) is 28.2. The van der Waals surface area contributed by atoms with Gasteiger partial charge >= 0.3 is 0 Å². The van der Waals surface area contributed by atoms with Gasteiger partial charge in [0, 0.05) is 60.4 Å². The molecule has 4 atom stereocenters. The summed E-state index contributed by atoms with van der Waals surface area (Å²) < 4.78 is 57.6. The van der Waals surface area contributed by atoms with Crippen molar-refractivity contribution in [3.8, 4) is 0 Å². The van der Waals surface area contributed by atoms with Crippen LogP contribution in [0.5, 0.6) is 0 Å². The molecule has 4 aromatic carbocycles. The highest BCUT2D eigenvalue weighted by Crippen LogP contribution is 2.24. The van der Waals surface area contributed by atoms with Crippen LogP contribution in [0.1, 0.15) is 89.5 Å². The minimum atomic E-state index is -4.02. The second-order valence-corrected chi connectivity index (χ2v) is 24.6. The number of hydrogen-bond donors (Lipinski definition) is 13. The number of amides is 4. The number of carbonyl (C=O) groups is 4. The number of aromatic nitrogens is 2. The van der Waals surface area contributed by atoms with Crippen molar-refractivity contribution in [3.05, 3.63) is 130 Å². The van der Waals surface area contributed by atoms with Crippen LogP contribution < -0.4 is 59.0 Å². The highest BCUT2D eigenvalue weighted by atomic mass is 32.2. The molecule has 0 saturated carbocycles. The Hall–Kier alpha value is -7.84. The van der Waals surface area contributed by atoms with Crippen LogP contribution in [0.25, 0.3) is 21.8 Å². The van der Waals surface area contributed by atoms with Crippen LogP contribution >= 0.6 is 0 Å². The van der Waals surface area contributed by atoms with E-state index in [9.17, 15) is 36.0 Å². The van der Waals surface area contributed by atoms with Crippen molar-refractivity contribution < 1.29 is 36.0 Å². The van der Waals surface area contributed by atoms with E-state index in [0.717, 1.165) is 44.1 Å². The fourth-order valence-electron chi connectivity index (χ4n) is 10.4. The van der Waals surface area contributed by atoms with Crippen LogP contribution in [-0.2, 0) is 52.1 Å². The smallest absolute Gasteiger partial charge is 0.264 e. The molecule has 0 unspecified atom stereocenters. The summed E-state index contributed by atoms with van der Waals surface area (Å²) in [7, 11) is -8.05. The van der Waals surface area contributed by atoms with Gasteiger partial charge in [-0.15, -0.1) is 0 Å². The lowest BCUT2D eigenvalue weighted by molar-refractivity contribution is -0.129. The van der Waals surface area contributed by atoms with E-state index in [1.165, 1.54) is 0 Å². The number of carbonyl (C=O) groups excluding carboxylic acids is 4. The lowest BCUT2D eigenvalue weighted by atomic mass is 10.0. The van der Waals surface area contributed by atoms with Crippen molar-refractivity contribution in [3.63, 3.8) is 0 Å². The number of fused-ring (bicyclic) bond motifs is 2. The van der Waals surface area contributed by atoms with Gasteiger partial charge in [0.15, 0.2) is 0 Å². The number of aromatic amines is 2. The molecule has 0 bridgehead atoms. The van der Waals surface area contributed by atoms with E-state index < -0.39 is 67.8 Å². The van der Waals surface area contributed by atoms with Crippen molar-refractivity contribution in [2.45, 2.75) is 133 Å². The van der Waals surface area contributed by atoms with Gasteiger partial charge in [0.1, 0.15) is 12.1 Å². The first-order valence-corrected chi connectivity index (χ1v) is 31.2. The van der Waals surface area contributed by atoms with Gasteiger partial charge in [0.05, 0.1) is 21.9 Å². The number of aliphatic imine (C=N–C) groups is 2. The summed E-state index contributed by atoms with van der Waals surface area (Å²) in [6.07, 6.45) is 6.79. The zero-order valence-electron chi connectivity index (χ0n) is 48.8. The van der Waals surface area contributed by atoms with E-state index in [1.54, 1.807) is 52.0 Å². The second-order valence-electron chi connectivity index (χ2n) is 21.3. The fourth-order valence-corrected chi connectivity index (χ4v) is 13.2. The largest absolute Gasteiger partial charge is 0.369 e. The molecule has 0 saturated heterocycles. The molecule has 0 aliphatic heterocycles. The maximum Gasteiger partial charge on any atom is 0.264 e. The summed E-state index contributed by atoms with van der Waals surface area (Å²) >= 11 is 0. The average molecular weight is 1190 g/mol. The van der Waals surface area contributed by atoms with E-state index in [1.807, 2.05) is 74.8 Å². The first kappa shape index (κ1) is 65.3. The number of nitrogens with zero attached hydrogens (tertiary/aromatic N) is 2. The Labute approximate surface area is 492 Å². The standard InChI is InChI=1S/C59H83N15O8S2/c1-36-28-38(3)52(39(4)29-36)83(79,80)73-58(62)67-25-13-20-50(71-54(75)46(60)32-42-34-69-48-18-9-7-16-44(42)48)56(77)65-24-12-11-22-64-23-15-27-66-57(78)51(72-55(76)47(61)33-43-35-70-49-19-10-8-17-45(43)49)21-14-26-68-59(63)74-84(81,82)53-40(5)30-37(2)31-41(53)6/h7-10,16-19,28-31,34-35,46-47,50-51,64,69-70H,11-15,20-27,32-33,60-61H2,1-6H3,(H,65,77)(H,66,78)(H,71,75)(H,72,76)(H3,62,67,73)(H3,63,68,74)/t46-,47-,50-,51-/m1/s1. The summed E-state index contributed by atoms with van der Waals surface area (Å²) in [5, 5.41) is 16.7. The maximum absolute atomic E-state index is 13.6. The predicted molar refractivity (Wildman–Crippen MR) is 330 cm³/mol. The molecule has 2 aromatic heterocycles. The zero-order valence-corrected chi connectivity index (χ0v) is 50.4. The number of sulfonamides is 2. The summed E-state index contributed by atoms with van der Waals surface area (Å²) in [6, 6.07) is 18.6. The molecule has 17 N–H and O–H groups in total. The van der Waals surface area contributed by atoms with Gasteiger partial charge in [0.2, 0.25) is 35.5 Å². The van der Waals surface area contributed by atoms with Crippen LogP contribution in [0.2, 0.25) is 0 Å². The number of hydrogen-bond acceptors (Lipinski definition) is 13. The third-order valence-electron chi connectivity index (χ3n) is 14.2. The van der Waals surface area contributed by atoms with Crippen LogP contribution in [0.15, 0.2) is 105 Å². The lowest BCUT2D eigenvalue weighted by Crippen LogP contribution is -2.52. The van der Waals surface area contributed by atoms with Crippen LogP contribution in [-0.4, -0.2) is 126 Å². The Morgan fingerprint density at radius 2 is 0.881 bits per heavy atom. The van der Waals surface area contributed by atoms with Crippen LogP contribution in [0.4, 0.5) is 0 Å². The topological polar surface area (TPSA) is 381 Å². The molecule has 0 aliphatic rings. The molecule has 0 aliphatic carbocycles. The Morgan fingerprint density at radius 1 is 0.512 bits per heavy atom. The van der Waals surface area contributed by atoms with E-state index in [4.69, 9.17) is 22.9 Å².